The Balaban J connectivity index is 1.53. The van der Waals surface area contributed by atoms with Crippen LogP contribution < -0.4 is 10.2 Å². The first-order chi connectivity index (χ1) is 20.7. The molecule has 1 spiro atoms. The van der Waals surface area contributed by atoms with Crippen LogP contribution in [0, 0.1) is 23.0 Å². The first kappa shape index (κ1) is 26.5. The predicted octanol–water partition coefficient (Wildman–Crippen LogP) is 6.15. The lowest BCUT2D eigenvalue weighted by Crippen LogP contribution is -2.51. The number of para-hydroxylation sites is 2. The van der Waals surface area contributed by atoms with E-state index in [0.29, 0.717) is 16.8 Å². The Kier molecular flexibility index (Phi) is 5.92. The van der Waals surface area contributed by atoms with E-state index in [1.807, 2.05) is 85.5 Å². The maximum absolute atomic E-state index is 14.8. The standard InChI is InChI=1S/C35H27N3O5/c1-20-11-13-22(14-12-20)32(39)30-31(33(40)23-15-17-24(18-16-23)38(42)43)37-28-10-6-3-7-25(28)21(2)19-29(37)35(30)26-8-4-5-9-27(26)36-34(35)41/h3-19,29-31H,1-2H3,(H,36,41)/t29-,30+,31-,35+/m0/s1. The van der Waals surface area contributed by atoms with Crippen molar-refractivity contribution in [3.8, 4) is 0 Å². The molecule has 43 heavy (non-hydrogen) atoms. The Morgan fingerprint density at radius 1 is 0.837 bits per heavy atom. The minimum Gasteiger partial charge on any atom is -0.352 e. The maximum Gasteiger partial charge on any atom is 0.269 e. The average molecular weight is 570 g/mol. The number of aryl methyl sites for hydroxylation is 1. The number of ketones is 2. The third kappa shape index (κ3) is 3.72. The fraction of sp³-hybridized carbons (Fsp3) is 0.171. The zero-order chi connectivity index (χ0) is 30.0. The van der Waals surface area contributed by atoms with Gasteiger partial charge in [-0.3, -0.25) is 24.5 Å². The minimum atomic E-state index is -1.42. The number of rotatable bonds is 5. The third-order valence-corrected chi connectivity index (χ3v) is 9.13. The highest BCUT2D eigenvalue weighted by Crippen LogP contribution is 2.58. The van der Waals surface area contributed by atoms with Crippen LogP contribution in [0.1, 0.15) is 44.3 Å². The van der Waals surface area contributed by atoms with E-state index in [-0.39, 0.29) is 28.7 Å². The molecule has 0 aromatic heterocycles. The Labute approximate surface area is 247 Å². The number of amides is 1. The molecule has 4 aromatic rings. The van der Waals surface area contributed by atoms with Crippen molar-refractivity contribution in [2.45, 2.75) is 31.3 Å². The van der Waals surface area contributed by atoms with Crippen molar-refractivity contribution in [3.63, 3.8) is 0 Å². The van der Waals surface area contributed by atoms with Gasteiger partial charge in [-0.2, -0.15) is 0 Å². The van der Waals surface area contributed by atoms with E-state index in [1.54, 1.807) is 12.1 Å². The highest BCUT2D eigenvalue weighted by molar-refractivity contribution is 6.18. The number of hydrogen-bond donors (Lipinski definition) is 1. The van der Waals surface area contributed by atoms with E-state index in [4.69, 9.17) is 0 Å². The first-order valence-corrected chi connectivity index (χ1v) is 14.1. The van der Waals surface area contributed by atoms with Gasteiger partial charge in [0, 0.05) is 40.2 Å². The molecule has 8 nitrogen and oxygen atoms in total. The molecular weight excluding hydrogens is 542 g/mol. The summed E-state index contributed by atoms with van der Waals surface area (Å²) in [6, 6.07) is 25.9. The Bertz CT molecular complexity index is 1880. The van der Waals surface area contributed by atoms with Gasteiger partial charge in [0.1, 0.15) is 11.5 Å². The van der Waals surface area contributed by atoms with E-state index in [2.05, 4.69) is 5.32 Å². The van der Waals surface area contributed by atoms with E-state index >= 15 is 0 Å². The summed E-state index contributed by atoms with van der Waals surface area (Å²) in [5, 5.41) is 14.4. The number of fused-ring (bicyclic) bond motifs is 6. The number of nitrogens with zero attached hydrogens (tertiary/aromatic N) is 2. The molecular formula is C35H27N3O5. The van der Waals surface area contributed by atoms with E-state index in [1.165, 1.54) is 24.3 Å². The van der Waals surface area contributed by atoms with Gasteiger partial charge in [-0.25, -0.2) is 0 Å². The Hall–Kier alpha value is -5.37. The molecule has 8 heteroatoms. The van der Waals surface area contributed by atoms with Crippen LogP contribution in [0.15, 0.2) is 103 Å². The summed E-state index contributed by atoms with van der Waals surface area (Å²) in [6.45, 7) is 3.91. The minimum absolute atomic E-state index is 0.143. The molecule has 1 saturated heterocycles. The number of benzene rings is 4. The molecule has 212 valence electrons. The zero-order valence-electron chi connectivity index (χ0n) is 23.5. The number of nitrogens with one attached hydrogen (secondary N) is 1. The van der Waals surface area contributed by atoms with Crippen molar-refractivity contribution < 1.29 is 19.3 Å². The number of anilines is 2. The number of non-ortho nitro benzene ring substituents is 1. The largest absolute Gasteiger partial charge is 0.352 e. The highest BCUT2D eigenvalue weighted by Gasteiger charge is 2.70. The number of carbonyl (C=O) groups excluding carboxylic acids is 3. The summed E-state index contributed by atoms with van der Waals surface area (Å²) < 4.78 is 0. The number of nitro groups is 1. The Morgan fingerprint density at radius 2 is 1.47 bits per heavy atom. The van der Waals surface area contributed by atoms with Crippen LogP contribution in [0.2, 0.25) is 0 Å². The highest BCUT2D eigenvalue weighted by atomic mass is 16.6. The summed E-state index contributed by atoms with van der Waals surface area (Å²) >= 11 is 0. The van der Waals surface area contributed by atoms with Crippen molar-refractivity contribution in [1.82, 2.24) is 0 Å². The van der Waals surface area contributed by atoms with Gasteiger partial charge in [0.25, 0.3) is 5.69 Å². The maximum atomic E-state index is 14.8. The lowest BCUT2D eigenvalue weighted by molar-refractivity contribution is -0.384. The lowest BCUT2D eigenvalue weighted by Gasteiger charge is -2.39. The van der Waals surface area contributed by atoms with E-state index < -0.39 is 28.3 Å². The molecule has 1 amide bonds. The van der Waals surface area contributed by atoms with Gasteiger partial charge < -0.3 is 10.2 Å². The van der Waals surface area contributed by atoms with Gasteiger partial charge in [0.05, 0.1) is 16.9 Å². The van der Waals surface area contributed by atoms with Crippen LogP contribution in [0.3, 0.4) is 0 Å². The van der Waals surface area contributed by atoms with Crippen LogP contribution in [0.25, 0.3) is 5.57 Å². The summed E-state index contributed by atoms with van der Waals surface area (Å²) in [4.78, 5) is 56.8. The van der Waals surface area contributed by atoms with Crippen molar-refractivity contribution in [3.05, 3.63) is 141 Å². The second-order valence-electron chi connectivity index (χ2n) is 11.4. The van der Waals surface area contributed by atoms with Crippen LogP contribution in [-0.4, -0.2) is 34.5 Å². The quantitative estimate of drug-likeness (QED) is 0.175. The smallest absolute Gasteiger partial charge is 0.269 e. The topological polar surface area (TPSA) is 110 Å². The predicted molar refractivity (Wildman–Crippen MR) is 163 cm³/mol. The second-order valence-corrected chi connectivity index (χ2v) is 11.4. The van der Waals surface area contributed by atoms with Gasteiger partial charge in [-0.05, 0) is 49.2 Å². The van der Waals surface area contributed by atoms with Crippen LogP contribution >= 0.6 is 0 Å². The molecule has 0 bridgehead atoms. The van der Waals surface area contributed by atoms with Crippen molar-refractivity contribution >= 4 is 40.1 Å². The molecule has 1 N–H and O–H groups in total. The molecule has 4 atom stereocenters. The van der Waals surface area contributed by atoms with Crippen molar-refractivity contribution in [1.29, 1.82) is 0 Å². The fourth-order valence-corrected chi connectivity index (χ4v) is 7.20. The van der Waals surface area contributed by atoms with Gasteiger partial charge in [0.15, 0.2) is 11.6 Å². The summed E-state index contributed by atoms with van der Waals surface area (Å²) in [5.41, 5.74) is 3.93. The molecule has 0 aliphatic carbocycles. The number of allylic oxidation sites excluding steroid dienone is 1. The number of Topliss-reactive ketones (excluding diaryl/α,β-unsaturated/α-hetero) is 2. The average Bonchev–Trinajstić information content (AvgIpc) is 3.49. The molecule has 0 unspecified atom stereocenters. The molecule has 0 radical (unpaired) electrons. The number of hydrogen-bond acceptors (Lipinski definition) is 6. The monoisotopic (exact) mass is 569 g/mol. The van der Waals surface area contributed by atoms with Gasteiger partial charge in [-0.1, -0.05) is 72.3 Å². The van der Waals surface area contributed by atoms with Crippen LogP contribution in [0.5, 0.6) is 0 Å². The number of carbonyl (C=O) groups is 3. The molecule has 0 saturated carbocycles. The molecule has 3 aliphatic heterocycles. The van der Waals surface area contributed by atoms with Crippen molar-refractivity contribution in [2.75, 3.05) is 10.2 Å². The molecule has 4 aromatic carbocycles. The van der Waals surface area contributed by atoms with Crippen LogP contribution in [0.4, 0.5) is 17.1 Å². The normalized spacial score (nSPS) is 23.2. The molecule has 3 aliphatic rings. The van der Waals surface area contributed by atoms with Crippen molar-refractivity contribution in [2.24, 2.45) is 5.92 Å². The molecule has 3 heterocycles. The molecule has 1 fully saturated rings. The van der Waals surface area contributed by atoms with Crippen LogP contribution in [-0.2, 0) is 10.2 Å². The van der Waals surface area contributed by atoms with Gasteiger partial charge in [0.2, 0.25) is 5.91 Å². The van der Waals surface area contributed by atoms with E-state index in [0.717, 1.165) is 22.4 Å². The fourth-order valence-electron chi connectivity index (χ4n) is 7.20. The SMILES string of the molecule is CC1=C[C@@H]2N(c3ccccc31)[C@H](C(=O)c1ccc([N+](=O)[O-])cc1)[C@H](C(=O)c1ccc(C)cc1)[C@]21C(=O)Nc2ccccc21. The van der Waals surface area contributed by atoms with E-state index in [9.17, 15) is 24.5 Å². The zero-order valence-corrected chi connectivity index (χ0v) is 23.5. The first-order valence-electron chi connectivity index (χ1n) is 14.1. The second kappa shape index (κ2) is 9.59. The molecule has 7 rings (SSSR count). The summed E-state index contributed by atoms with van der Waals surface area (Å²) in [5.74, 6) is -2.15. The van der Waals surface area contributed by atoms with Gasteiger partial charge >= 0.3 is 0 Å². The Morgan fingerprint density at radius 3 is 2.19 bits per heavy atom. The lowest BCUT2D eigenvalue weighted by atomic mass is 9.64. The third-order valence-electron chi connectivity index (χ3n) is 9.13. The summed E-state index contributed by atoms with van der Waals surface area (Å²) in [7, 11) is 0. The summed E-state index contributed by atoms with van der Waals surface area (Å²) in [6.07, 6.45) is 2.00. The van der Waals surface area contributed by atoms with Gasteiger partial charge in [-0.15, -0.1) is 0 Å². The number of nitro benzene ring substituents is 1.